The Kier molecular flexibility index (Phi) is 9550. The minimum atomic E-state index is 0. The summed E-state index contributed by atoms with van der Waals surface area (Å²) in [7, 11) is 0. The lowest BCUT2D eigenvalue weighted by atomic mass is 11.0. The van der Waals surface area contributed by atoms with Crippen molar-refractivity contribution in [2.45, 2.75) is 76.7 Å². The zero-order valence-corrected chi connectivity index (χ0v) is 13.1. The Labute approximate surface area is 111 Å². The Morgan fingerprint density at radius 1 is 0.588 bits per heavy atom. The van der Waals surface area contributed by atoms with Crippen LogP contribution in [0.2, 0.25) is 0 Å². The van der Waals surface area contributed by atoms with E-state index in [0.717, 1.165) is 12.6 Å². The summed E-state index contributed by atoms with van der Waals surface area (Å²) >= 11 is 0. The van der Waals surface area contributed by atoms with E-state index >= 15 is 0 Å². The molecule has 0 saturated heterocycles. The lowest BCUT2D eigenvalue weighted by molar-refractivity contribution is -0.106. The topological polar surface area (TPSA) is 51.2 Å². The van der Waals surface area contributed by atoms with Gasteiger partial charge in [0.25, 0.3) is 0 Å². The zero-order valence-electron chi connectivity index (χ0n) is 13.1. The molecule has 0 aliphatic rings. The van der Waals surface area contributed by atoms with Crippen molar-refractivity contribution in [3.05, 3.63) is 0 Å². The third-order valence-corrected chi connectivity index (χ3v) is 0. The quantitative estimate of drug-likeness (QED) is 0.574. The highest BCUT2D eigenvalue weighted by Crippen LogP contribution is 1.15. The van der Waals surface area contributed by atoms with Crippen LogP contribution in [-0.2, 0) is 14.4 Å². The number of aldehydes is 2. The van der Waals surface area contributed by atoms with Crippen LogP contribution in [0.1, 0.15) is 76.7 Å². The summed E-state index contributed by atoms with van der Waals surface area (Å²) in [5.74, 6) is 0. The molecule has 17 heavy (non-hydrogen) atoms. The molecule has 112 valence electrons. The van der Waals surface area contributed by atoms with Gasteiger partial charge >= 0.3 is 0 Å². The number of rotatable bonds is 0. The van der Waals surface area contributed by atoms with Gasteiger partial charge in [0.1, 0.15) is 19.4 Å². The minimum absolute atomic E-state index is 0. The first-order chi connectivity index (χ1) is 7.83. The van der Waals surface area contributed by atoms with E-state index in [0.29, 0.717) is 0 Å². The molecule has 0 aromatic heterocycles. The van der Waals surface area contributed by atoms with Gasteiger partial charge in [-0.3, -0.25) is 0 Å². The maximum atomic E-state index is 8.81. The summed E-state index contributed by atoms with van der Waals surface area (Å²) in [6.45, 7) is 20.9. The van der Waals surface area contributed by atoms with E-state index in [9.17, 15) is 0 Å². The van der Waals surface area contributed by atoms with Crippen molar-refractivity contribution in [3.63, 3.8) is 0 Å². The summed E-state index contributed by atoms with van der Waals surface area (Å²) in [5.41, 5.74) is 0. The Bertz CT molecular complexity index is 40.7. The number of hydrogen-bond acceptors (Lipinski definition) is 3. The molecular weight excluding hydrogens is 216 g/mol. The summed E-state index contributed by atoms with van der Waals surface area (Å²) < 4.78 is 0. The van der Waals surface area contributed by atoms with Gasteiger partial charge in [0, 0.05) is 0 Å². The van der Waals surface area contributed by atoms with E-state index in [-0.39, 0.29) is 7.43 Å². The SMILES string of the molecule is C.C=O.CC.CC.CC.CC.CC=O.CC=O. The number of hydrogen-bond donors (Lipinski definition) is 0. The molecule has 0 aliphatic carbocycles. The molecule has 3 heteroatoms. The Morgan fingerprint density at radius 2 is 0.588 bits per heavy atom. The second kappa shape index (κ2) is 2890. The van der Waals surface area contributed by atoms with Crippen LogP contribution in [0.15, 0.2) is 0 Å². The molecule has 0 heterocycles. The first kappa shape index (κ1) is 56.2. The lowest BCUT2D eigenvalue weighted by Gasteiger charge is -1.24. The summed E-state index contributed by atoms with van der Waals surface area (Å²) in [6, 6.07) is 0. The van der Waals surface area contributed by atoms with Crippen molar-refractivity contribution in [3.8, 4) is 0 Å². The van der Waals surface area contributed by atoms with Crippen LogP contribution in [0.4, 0.5) is 0 Å². The molecule has 0 atom stereocenters. The van der Waals surface area contributed by atoms with E-state index in [1.54, 1.807) is 0 Å². The van der Waals surface area contributed by atoms with Gasteiger partial charge < -0.3 is 14.4 Å². The molecule has 0 fully saturated rings. The molecule has 0 aliphatic heterocycles. The van der Waals surface area contributed by atoms with Crippen molar-refractivity contribution < 1.29 is 14.4 Å². The average Bonchev–Trinajstić information content (AvgIpc) is 2.42. The van der Waals surface area contributed by atoms with Gasteiger partial charge in [0.15, 0.2) is 0 Å². The van der Waals surface area contributed by atoms with Crippen molar-refractivity contribution in [2.24, 2.45) is 0 Å². The zero-order chi connectivity index (χ0) is 15.4. The minimum Gasteiger partial charge on any atom is -0.307 e. The molecule has 0 saturated carbocycles. The van der Waals surface area contributed by atoms with Crippen molar-refractivity contribution in [2.75, 3.05) is 0 Å². The molecule has 0 aromatic carbocycles. The highest BCUT2D eigenvalue weighted by atomic mass is 16.1. The van der Waals surface area contributed by atoms with E-state index < -0.39 is 0 Å². The van der Waals surface area contributed by atoms with E-state index in [2.05, 4.69) is 0 Å². The predicted molar refractivity (Wildman–Crippen MR) is 82.7 cm³/mol. The van der Waals surface area contributed by atoms with Crippen LogP contribution in [-0.4, -0.2) is 19.4 Å². The standard InChI is InChI=1S/2C2H4O.4C2H6.CH2O.CH4/c2*1-2-3;5*1-2;/h2*2H,1H3;4*1-2H3;1H2;1H4. The maximum absolute atomic E-state index is 8.81. The lowest BCUT2D eigenvalue weighted by Crippen LogP contribution is -1.36. The fraction of sp³-hybridized carbons (Fsp3) is 0.786. The van der Waals surface area contributed by atoms with Crippen LogP contribution in [0.3, 0.4) is 0 Å². The fourth-order valence-corrected chi connectivity index (χ4v) is 0. The van der Waals surface area contributed by atoms with Crippen molar-refractivity contribution >= 4 is 19.4 Å². The van der Waals surface area contributed by atoms with Crippen LogP contribution >= 0.6 is 0 Å². The van der Waals surface area contributed by atoms with Gasteiger partial charge in [-0.25, -0.2) is 0 Å². The molecule has 0 rings (SSSR count). The fourth-order valence-electron chi connectivity index (χ4n) is 0. The summed E-state index contributed by atoms with van der Waals surface area (Å²) in [5, 5.41) is 0. The van der Waals surface area contributed by atoms with Crippen molar-refractivity contribution in [1.29, 1.82) is 0 Å². The molecular formula is C14H38O3. The van der Waals surface area contributed by atoms with Crippen LogP contribution in [0.5, 0.6) is 0 Å². The molecule has 3 nitrogen and oxygen atoms in total. The van der Waals surface area contributed by atoms with Gasteiger partial charge in [-0.15, -0.1) is 0 Å². The molecule has 0 amide bonds. The number of carbonyl (C=O) groups is 3. The maximum Gasteiger partial charge on any atom is 0.116 e. The highest BCUT2D eigenvalue weighted by Gasteiger charge is 1.24. The Balaban J connectivity index is -0.00000000929. The van der Waals surface area contributed by atoms with Gasteiger partial charge in [-0.05, 0) is 13.8 Å². The van der Waals surface area contributed by atoms with Gasteiger partial charge in [-0.1, -0.05) is 62.8 Å². The van der Waals surface area contributed by atoms with E-state index in [4.69, 9.17) is 14.4 Å². The largest absolute Gasteiger partial charge is 0.307 e. The first-order valence-electron chi connectivity index (χ1n) is 5.91. The van der Waals surface area contributed by atoms with Crippen LogP contribution in [0, 0.1) is 0 Å². The van der Waals surface area contributed by atoms with Crippen molar-refractivity contribution in [1.82, 2.24) is 0 Å². The van der Waals surface area contributed by atoms with Crippen LogP contribution < -0.4 is 0 Å². The third kappa shape index (κ3) is 2590. The summed E-state index contributed by atoms with van der Waals surface area (Å²) in [4.78, 5) is 25.6. The summed E-state index contributed by atoms with van der Waals surface area (Å²) in [6.07, 6.45) is 1.50. The molecule has 0 radical (unpaired) electrons. The molecule has 0 bridgehead atoms. The Morgan fingerprint density at radius 3 is 0.588 bits per heavy atom. The van der Waals surface area contributed by atoms with Gasteiger partial charge in [-0.2, -0.15) is 0 Å². The molecule has 0 unspecified atom stereocenters. The molecule has 0 N–H and O–H groups in total. The predicted octanol–water partition coefficient (Wildman–Crippen LogP) is 4.97. The molecule has 0 aromatic rings. The highest BCUT2D eigenvalue weighted by molar-refractivity contribution is 5.44. The second-order valence-electron chi connectivity index (χ2n) is 0.471. The molecule has 0 spiro atoms. The smallest absolute Gasteiger partial charge is 0.116 e. The Hall–Kier alpha value is -0.990. The normalized spacial score (nSPS) is 3.18. The van der Waals surface area contributed by atoms with E-state index in [1.165, 1.54) is 13.8 Å². The monoisotopic (exact) mass is 254 g/mol. The van der Waals surface area contributed by atoms with Gasteiger partial charge in [0.05, 0.1) is 0 Å². The average molecular weight is 254 g/mol. The number of carbonyl (C=O) groups excluding carboxylic acids is 3. The first-order valence-corrected chi connectivity index (χ1v) is 5.91. The second-order valence-corrected chi connectivity index (χ2v) is 0.471. The van der Waals surface area contributed by atoms with E-state index in [1.807, 2.05) is 62.2 Å². The third-order valence-electron chi connectivity index (χ3n) is 0. The van der Waals surface area contributed by atoms with Gasteiger partial charge in [0.2, 0.25) is 0 Å². The van der Waals surface area contributed by atoms with Crippen LogP contribution in [0.25, 0.3) is 0 Å².